The van der Waals surface area contributed by atoms with E-state index in [4.69, 9.17) is 16.3 Å². The normalized spacial score (nSPS) is 13.8. The van der Waals surface area contributed by atoms with Crippen LogP contribution in [-0.4, -0.2) is 25.8 Å². The molecule has 0 saturated heterocycles. The number of ether oxygens (including phenoxy) is 1. The van der Waals surface area contributed by atoms with Crippen LogP contribution in [0.2, 0.25) is 5.02 Å². The molecule has 1 aromatic carbocycles. The molecule has 0 amide bonds. The smallest absolute Gasteiger partial charge is 0.0778 e. The van der Waals surface area contributed by atoms with E-state index in [-0.39, 0.29) is 11.6 Å². The third-order valence-electron chi connectivity index (χ3n) is 3.10. The second kappa shape index (κ2) is 5.67. The van der Waals surface area contributed by atoms with Crippen LogP contribution in [0.3, 0.4) is 0 Å². The third kappa shape index (κ3) is 3.21. The highest BCUT2D eigenvalue weighted by atomic mass is 35.5. The van der Waals surface area contributed by atoms with Gasteiger partial charge in [-0.2, -0.15) is 0 Å². The average molecular weight is 242 g/mol. The van der Waals surface area contributed by atoms with Crippen LogP contribution in [0.25, 0.3) is 0 Å². The molecule has 2 nitrogen and oxygen atoms in total. The highest BCUT2D eigenvalue weighted by Crippen LogP contribution is 2.22. The van der Waals surface area contributed by atoms with Crippen molar-refractivity contribution in [1.29, 1.82) is 0 Å². The van der Waals surface area contributed by atoms with Crippen molar-refractivity contribution in [2.75, 3.05) is 14.2 Å². The minimum Gasteiger partial charge on any atom is -0.377 e. The van der Waals surface area contributed by atoms with Crippen molar-refractivity contribution < 1.29 is 4.74 Å². The zero-order valence-electron chi connectivity index (χ0n) is 10.4. The molecule has 1 atom stereocenters. The summed E-state index contributed by atoms with van der Waals surface area (Å²) in [5.74, 6) is 0. The summed E-state index contributed by atoms with van der Waals surface area (Å²) in [4.78, 5) is 0. The maximum absolute atomic E-state index is 6.15. The topological polar surface area (TPSA) is 21.3 Å². The molecule has 0 aliphatic carbocycles. The predicted molar refractivity (Wildman–Crippen MR) is 69.1 cm³/mol. The molecule has 0 heterocycles. The van der Waals surface area contributed by atoms with Gasteiger partial charge in [-0.15, -0.1) is 0 Å². The first-order chi connectivity index (χ1) is 7.51. The van der Waals surface area contributed by atoms with Gasteiger partial charge in [-0.25, -0.2) is 0 Å². The van der Waals surface area contributed by atoms with Crippen molar-refractivity contribution in [3.05, 3.63) is 34.9 Å². The van der Waals surface area contributed by atoms with Gasteiger partial charge in [0.1, 0.15) is 0 Å². The summed E-state index contributed by atoms with van der Waals surface area (Å²) in [6.07, 6.45) is 0.858. The second-order valence-electron chi connectivity index (χ2n) is 4.44. The molecule has 1 unspecified atom stereocenters. The number of halogens is 1. The Morgan fingerprint density at radius 3 is 2.50 bits per heavy atom. The van der Waals surface area contributed by atoms with E-state index in [1.807, 2.05) is 25.2 Å². The zero-order chi connectivity index (χ0) is 12.2. The molecule has 1 aromatic rings. The van der Waals surface area contributed by atoms with Gasteiger partial charge < -0.3 is 10.1 Å². The summed E-state index contributed by atoms with van der Waals surface area (Å²) >= 11 is 6.15. The van der Waals surface area contributed by atoms with Crippen molar-refractivity contribution in [1.82, 2.24) is 5.32 Å². The number of benzene rings is 1. The molecule has 3 heteroatoms. The first-order valence-electron chi connectivity index (χ1n) is 5.47. The van der Waals surface area contributed by atoms with E-state index in [1.54, 1.807) is 7.11 Å². The van der Waals surface area contributed by atoms with Crippen molar-refractivity contribution >= 4 is 11.6 Å². The Hall–Kier alpha value is -0.570. The van der Waals surface area contributed by atoms with Gasteiger partial charge in [0.25, 0.3) is 0 Å². The summed E-state index contributed by atoms with van der Waals surface area (Å²) in [7, 11) is 3.68. The number of likely N-dealkylation sites (N-methyl/N-ethyl adjacent to an activating group) is 1. The fourth-order valence-corrected chi connectivity index (χ4v) is 1.93. The molecule has 0 spiro atoms. The number of hydrogen-bond acceptors (Lipinski definition) is 2. The summed E-state index contributed by atoms with van der Waals surface area (Å²) in [6, 6.07) is 8.16. The van der Waals surface area contributed by atoms with Crippen molar-refractivity contribution in [3.8, 4) is 0 Å². The third-order valence-corrected chi connectivity index (χ3v) is 3.46. The predicted octanol–water partition coefficient (Wildman–Crippen LogP) is 2.90. The summed E-state index contributed by atoms with van der Waals surface area (Å²) < 4.78 is 5.50. The molecule has 0 bridgehead atoms. The summed E-state index contributed by atoms with van der Waals surface area (Å²) in [6.45, 7) is 4.15. The Labute approximate surface area is 103 Å². The van der Waals surface area contributed by atoms with Crippen LogP contribution in [0.15, 0.2) is 24.3 Å². The molecular weight excluding hydrogens is 222 g/mol. The number of hydrogen-bond donors (Lipinski definition) is 1. The lowest BCUT2D eigenvalue weighted by Gasteiger charge is -2.33. The standard InChI is InChI=1S/C13H20ClNO/c1-13(2,16-4)12(15-3)9-10-7-5-6-8-11(10)14/h5-8,12,15H,9H2,1-4H3. The lowest BCUT2D eigenvalue weighted by Crippen LogP contribution is -2.48. The number of nitrogens with one attached hydrogen (secondary N) is 1. The van der Waals surface area contributed by atoms with E-state index in [0.717, 1.165) is 17.0 Å². The Morgan fingerprint density at radius 2 is 2.00 bits per heavy atom. The molecule has 1 N–H and O–H groups in total. The van der Waals surface area contributed by atoms with Gasteiger partial charge >= 0.3 is 0 Å². The molecule has 0 aromatic heterocycles. The largest absolute Gasteiger partial charge is 0.377 e. The van der Waals surface area contributed by atoms with E-state index >= 15 is 0 Å². The van der Waals surface area contributed by atoms with Crippen LogP contribution >= 0.6 is 11.6 Å². The van der Waals surface area contributed by atoms with Gasteiger partial charge in [-0.05, 0) is 38.9 Å². The van der Waals surface area contributed by atoms with Crippen LogP contribution in [0, 0.1) is 0 Å². The molecule has 1 rings (SSSR count). The van der Waals surface area contributed by atoms with Crippen molar-refractivity contribution in [2.24, 2.45) is 0 Å². The molecule has 0 aliphatic heterocycles. The fourth-order valence-electron chi connectivity index (χ4n) is 1.72. The highest BCUT2D eigenvalue weighted by molar-refractivity contribution is 6.31. The van der Waals surface area contributed by atoms with Gasteiger partial charge in [-0.3, -0.25) is 0 Å². The zero-order valence-corrected chi connectivity index (χ0v) is 11.1. The van der Waals surface area contributed by atoms with Crippen LogP contribution in [-0.2, 0) is 11.2 Å². The van der Waals surface area contributed by atoms with E-state index in [0.29, 0.717) is 0 Å². The molecular formula is C13H20ClNO. The van der Waals surface area contributed by atoms with Crippen LogP contribution in [0.4, 0.5) is 0 Å². The Morgan fingerprint density at radius 1 is 1.38 bits per heavy atom. The van der Waals surface area contributed by atoms with E-state index in [2.05, 4.69) is 25.2 Å². The number of rotatable bonds is 5. The minimum atomic E-state index is -0.214. The molecule has 0 fully saturated rings. The first-order valence-corrected chi connectivity index (χ1v) is 5.85. The monoisotopic (exact) mass is 241 g/mol. The van der Waals surface area contributed by atoms with Gasteiger partial charge in [0.05, 0.1) is 5.60 Å². The molecule has 0 aliphatic rings. The first kappa shape index (κ1) is 13.5. The quantitative estimate of drug-likeness (QED) is 0.856. The SMILES string of the molecule is CNC(Cc1ccccc1Cl)C(C)(C)OC. The van der Waals surface area contributed by atoms with Gasteiger partial charge in [-0.1, -0.05) is 29.8 Å². The summed E-state index contributed by atoms with van der Waals surface area (Å²) in [5.41, 5.74) is 0.933. The lowest BCUT2D eigenvalue weighted by molar-refractivity contribution is -0.00796. The molecule has 90 valence electrons. The van der Waals surface area contributed by atoms with Gasteiger partial charge in [0.15, 0.2) is 0 Å². The second-order valence-corrected chi connectivity index (χ2v) is 4.85. The van der Waals surface area contributed by atoms with Crippen LogP contribution in [0.5, 0.6) is 0 Å². The van der Waals surface area contributed by atoms with E-state index in [1.165, 1.54) is 0 Å². The van der Waals surface area contributed by atoms with E-state index < -0.39 is 0 Å². The highest BCUT2D eigenvalue weighted by Gasteiger charge is 2.28. The Bertz CT molecular complexity index is 338. The number of methoxy groups -OCH3 is 1. The molecule has 0 saturated carbocycles. The van der Waals surface area contributed by atoms with E-state index in [9.17, 15) is 0 Å². The maximum atomic E-state index is 6.15. The van der Waals surface area contributed by atoms with Crippen LogP contribution < -0.4 is 5.32 Å². The van der Waals surface area contributed by atoms with Gasteiger partial charge in [0.2, 0.25) is 0 Å². The Kier molecular flexibility index (Phi) is 4.78. The molecule has 0 radical (unpaired) electrons. The lowest BCUT2D eigenvalue weighted by atomic mass is 9.92. The Balaban J connectivity index is 2.82. The average Bonchev–Trinajstić information content (AvgIpc) is 2.27. The molecule has 16 heavy (non-hydrogen) atoms. The maximum Gasteiger partial charge on any atom is 0.0778 e. The minimum absolute atomic E-state index is 0.214. The van der Waals surface area contributed by atoms with Crippen LogP contribution in [0.1, 0.15) is 19.4 Å². The fraction of sp³-hybridized carbons (Fsp3) is 0.538. The van der Waals surface area contributed by atoms with Crippen molar-refractivity contribution in [2.45, 2.75) is 31.9 Å². The van der Waals surface area contributed by atoms with Gasteiger partial charge in [0, 0.05) is 18.2 Å². The van der Waals surface area contributed by atoms with Crippen molar-refractivity contribution in [3.63, 3.8) is 0 Å². The summed E-state index contributed by atoms with van der Waals surface area (Å²) in [5, 5.41) is 4.10.